The largest absolute Gasteiger partial charge is 0.456 e. The SMILES string of the molecule is CC(=O)O[C@H]1C(=O)[C@@]2(C)[C@H]([C@H](NC(=O)c3ccccc3)[C@]3(O)C[C@H](OC(=O)[C@H](O)[C@@H](NC(=O)OC(C)(C)C)c4ccccc4)C(C)=C1C3(C)C)[C@]1(OC(C)=O)CO[C@@H]1C[C@@H]2O. The monoisotopic (exact) mass is 848 g/mol. The number of hydrogen-bond acceptors (Lipinski definition) is 14. The maximum absolute atomic E-state index is 15.5. The predicted molar refractivity (Wildman–Crippen MR) is 215 cm³/mol. The predicted octanol–water partition coefficient (Wildman–Crippen LogP) is 3.40. The summed E-state index contributed by atoms with van der Waals surface area (Å²) in [4.78, 5) is 83.0. The van der Waals surface area contributed by atoms with Crippen molar-refractivity contribution in [2.24, 2.45) is 16.7 Å². The van der Waals surface area contributed by atoms with Gasteiger partial charge in [0.15, 0.2) is 23.6 Å². The second-order valence-electron chi connectivity index (χ2n) is 18.3. The van der Waals surface area contributed by atoms with E-state index in [-0.39, 0.29) is 29.7 Å². The number of benzene rings is 2. The van der Waals surface area contributed by atoms with Crippen LogP contribution in [0.2, 0.25) is 0 Å². The number of aliphatic hydroxyl groups excluding tert-OH is 2. The molecule has 3 fully saturated rings. The van der Waals surface area contributed by atoms with Gasteiger partial charge in [0.1, 0.15) is 17.8 Å². The van der Waals surface area contributed by atoms with Crippen molar-refractivity contribution in [2.75, 3.05) is 6.61 Å². The number of ether oxygens (including phenoxy) is 5. The highest BCUT2D eigenvalue weighted by atomic mass is 16.6. The van der Waals surface area contributed by atoms with E-state index < -0.39 is 118 Å². The topological polar surface area (TPSA) is 233 Å². The molecule has 61 heavy (non-hydrogen) atoms. The number of carbonyl (C=O) groups excluding carboxylic acids is 6. The quantitative estimate of drug-likeness (QED) is 0.138. The third kappa shape index (κ3) is 7.94. The van der Waals surface area contributed by atoms with Crippen molar-refractivity contribution in [1.29, 1.82) is 0 Å². The molecule has 0 spiro atoms. The number of esters is 3. The first-order valence-corrected chi connectivity index (χ1v) is 20.3. The maximum Gasteiger partial charge on any atom is 0.408 e. The number of nitrogens with one attached hydrogen (secondary N) is 2. The van der Waals surface area contributed by atoms with Crippen LogP contribution < -0.4 is 10.6 Å². The van der Waals surface area contributed by atoms with Crippen molar-refractivity contribution in [1.82, 2.24) is 10.6 Å². The summed E-state index contributed by atoms with van der Waals surface area (Å²) >= 11 is 0. The van der Waals surface area contributed by atoms with Gasteiger partial charge in [-0.15, -0.1) is 0 Å². The van der Waals surface area contributed by atoms with Crippen LogP contribution in [0.5, 0.6) is 0 Å². The van der Waals surface area contributed by atoms with Crippen LogP contribution in [0.25, 0.3) is 0 Å². The molecule has 2 amide bonds. The summed E-state index contributed by atoms with van der Waals surface area (Å²) < 4.78 is 29.3. The summed E-state index contributed by atoms with van der Waals surface area (Å²) in [5.74, 6) is -5.84. The Hall–Kier alpha value is -5.16. The first-order chi connectivity index (χ1) is 28.4. The van der Waals surface area contributed by atoms with Gasteiger partial charge >= 0.3 is 24.0 Å². The first kappa shape index (κ1) is 45.4. The molecule has 16 heteroatoms. The van der Waals surface area contributed by atoms with Crippen LogP contribution in [0.15, 0.2) is 71.8 Å². The summed E-state index contributed by atoms with van der Waals surface area (Å²) in [7, 11) is 0. The van der Waals surface area contributed by atoms with E-state index >= 15 is 4.79 Å². The molecule has 1 saturated heterocycles. The minimum atomic E-state index is -2.29. The molecule has 6 rings (SSSR count). The average molecular weight is 849 g/mol. The number of carbonyl (C=O) groups is 6. The van der Waals surface area contributed by atoms with E-state index in [0.29, 0.717) is 5.56 Å². The van der Waals surface area contributed by atoms with Crippen molar-refractivity contribution in [3.05, 3.63) is 82.9 Å². The number of hydrogen-bond donors (Lipinski definition) is 5. The van der Waals surface area contributed by atoms with E-state index in [1.165, 1.54) is 32.9 Å². The lowest BCUT2D eigenvalue weighted by atomic mass is 9.44. The molecule has 4 aliphatic rings. The molecule has 0 radical (unpaired) electrons. The standard InChI is InChI=1S/C45H56N2O14/c1-23-28(59-39(54)33(51)32(26-16-12-10-13-17-26)46-40(55)61-41(4,5)6)21-45(56)36(47-38(53)27-18-14-11-15-19-27)35-43(9,29(50)20-30-44(35,22-57-30)60-25(3)49)37(52)34(58-24(2)48)31(23)42(45,7)8/h10-19,28-30,32-36,50-51,56H,20-22H2,1-9H3,(H,46,55)(H,47,53)/t28-,29-,30+,32-,33+,34+,35-,36-,43+,44-,45+/m0/s1. The molecule has 3 aliphatic carbocycles. The van der Waals surface area contributed by atoms with E-state index in [9.17, 15) is 39.3 Å². The van der Waals surface area contributed by atoms with Crippen LogP contribution in [0.4, 0.5) is 4.79 Å². The Morgan fingerprint density at radius 2 is 1.52 bits per heavy atom. The van der Waals surface area contributed by atoms with Crippen LogP contribution in [-0.2, 0) is 42.9 Å². The zero-order valence-electron chi connectivity index (χ0n) is 35.8. The van der Waals surface area contributed by atoms with Gasteiger partial charge < -0.3 is 49.6 Å². The lowest BCUT2D eigenvalue weighted by Gasteiger charge is -2.68. The fraction of sp³-hybridized carbons (Fsp3) is 0.556. The molecular weight excluding hydrogens is 792 g/mol. The summed E-state index contributed by atoms with van der Waals surface area (Å²) in [6.45, 7) is 13.1. The fourth-order valence-electron chi connectivity index (χ4n) is 10.00. The van der Waals surface area contributed by atoms with Gasteiger partial charge in [0, 0.05) is 43.6 Å². The number of ketones is 1. The molecule has 330 valence electrons. The Kier molecular flexibility index (Phi) is 12.1. The average Bonchev–Trinajstić information content (AvgIpc) is 3.17. The number of aliphatic hydroxyl groups is 3. The summed E-state index contributed by atoms with van der Waals surface area (Å²) in [5, 5.41) is 43.0. The Balaban J connectivity index is 1.54. The Labute approximate surface area is 354 Å². The molecule has 5 N–H and O–H groups in total. The van der Waals surface area contributed by atoms with E-state index in [0.717, 1.165) is 6.92 Å². The Morgan fingerprint density at radius 3 is 2.07 bits per heavy atom. The van der Waals surface area contributed by atoms with Gasteiger partial charge in [-0.3, -0.25) is 19.2 Å². The summed E-state index contributed by atoms with van der Waals surface area (Å²) in [6, 6.07) is 13.2. The van der Waals surface area contributed by atoms with Crippen molar-refractivity contribution in [3.8, 4) is 0 Å². The van der Waals surface area contributed by atoms with Crippen LogP contribution in [0.1, 0.15) is 97.1 Å². The van der Waals surface area contributed by atoms with Crippen LogP contribution in [0.3, 0.4) is 0 Å². The van der Waals surface area contributed by atoms with Crippen molar-refractivity contribution in [3.63, 3.8) is 0 Å². The van der Waals surface area contributed by atoms with Crippen molar-refractivity contribution < 1.29 is 67.8 Å². The molecule has 16 nitrogen and oxygen atoms in total. The zero-order chi connectivity index (χ0) is 45.0. The highest BCUT2D eigenvalue weighted by Crippen LogP contribution is 2.63. The highest BCUT2D eigenvalue weighted by Gasteiger charge is 2.77. The summed E-state index contributed by atoms with van der Waals surface area (Å²) in [6.07, 6.45) is -9.44. The van der Waals surface area contributed by atoms with E-state index in [4.69, 9.17) is 23.7 Å². The minimum Gasteiger partial charge on any atom is -0.456 e. The van der Waals surface area contributed by atoms with Gasteiger partial charge in [-0.05, 0) is 63.5 Å². The Bertz CT molecular complexity index is 2100. The molecule has 11 atom stereocenters. The molecular formula is C45H56N2O14. The molecule has 2 aromatic carbocycles. The van der Waals surface area contributed by atoms with E-state index in [1.807, 2.05) is 0 Å². The van der Waals surface area contributed by atoms with Gasteiger partial charge in [-0.1, -0.05) is 62.4 Å². The van der Waals surface area contributed by atoms with Crippen molar-refractivity contribution in [2.45, 2.75) is 135 Å². The molecule has 0 aromatic heterocycles. The van der Waals surface area contributed by atoms with Gasteiger partial charge in [0.25, 0.3) is 5.91 Å². The van der Waals surface area contributed by atoms with Gasteiger partial charge in [0.2, 0.25) is 0 Å². The third-order valence-electron chi connectivity index (χ3n) is 13.0. The molecule has 2 bridgehead atoms. The lowest BCUT2D eigenvalue weighted by Crippen LogP contribution is -2.83. The second-order valence-corrected chi connectivity index (χ2v) is 18.3. The van der Waals surface area contributed by atoms with E-state index in [2.05, 4.69) is 10.6 Å². The van der Waals surface area contributed by atoms with Crippen LogP contribution >= 0.6 is 0 Å². The number of rotatable bonds is 9. The van der Waals surface area contributed by atoms with Crippen LogP contribution in [-0.4, -0.2) is 111 Å². The molecule has 2 saturated carbocycles. The maximum atomic E-state index is 15.5. The molecule has 0 unspecified atom stereocenters. The Morgan fingerprint density at radius 1 is 0.918 bits per heavy atom. The normalized spacial score (nSPS) is 32.5. The molecule has 1 heterocycles. The fourth-order valence-corrected chi connectivity index (χ4v) is 10.00. The minimum absolute atomic E-state index is 0.0274. The number of fused-ring (bicyclic) bond motifs is 5. The summed E-state index contributed by atoms with van der Waals surface area (Å²) in [5.41, 5.74) is -7.81. The zero-order valence-corrected chi connectivity index (χ0v) is 35.8. The number of Topliss-reactive ketones (excluding diaryl/α,β-unsaturated/α-hetero) is 1. The molecule has 1 aliphatic heterocycles. The van der Waals surface area contributed by atoms with E-state index in [1.54, 1.807) is 83.1 Å². The van der Waals surface area contributed by atoms with Gasteiger partial charge in [-0.25, -0.2) is 9.59 Å². The van der Waals surface area contributed by atoms with Crippen LogP contribution in [0, 0.1) is 16.7 Å². The van der Waals surface area contributed by atoms with Gasteiger partial charge in [-0.2, -0.15) is 0 Å². The second kappa shape index (κ2) is 16.3. The first-order valence-electron chi connectivity index (χ1n) is 20.3. The highest BCUT2D eigenvalue weighted by molar-refractivity contribution is 5.97. The molecule has 2 aromatic rings. The smallest absolute Gasteiger partial charge is 0.408 e. The third-order valence-corrected chi connectivity index (χ3v) is 13.0. The number of alkyl carbamates (subject to hydrolysis) is 1. The number of amides is 2. The van der Waals surface area contributed by atoms with Crippen molar-refractivity contribution >= 4 is 35.7 Å². The van der Waals surface area contributed by atoms with Gasteiger partial charge in [0.05, 0.1) is 35.8 Å². The lowest BCUT2D eigenvalue weighted by molar-refractivity contribution is -0.332.